The van der Waals surface area contributed by atoms with Crippen molar-refractivity contribution in [2.75, 3.05) is 5.43 Å². The highest BCUT2D eigenvalue weighted by Crippen LogP contribution is 2.31. The van der Waals surface area contributed by atoms with Gasteiger partial charge in [-0.15, -0.1) is 0 Å². The first-order chi connectivity index (χ1) is 9.40. The molecule has 0 bridgehead atoms. The van der Waals surface area contributed by atoms with E-state index in [9.17, 15) is 13.2 Å². The first-order valence-corrected chi connectivity index (χ1v) is 6.33. The molecule has 0 radical (unpaired) electrons. The highest BCUT2D eigenvalue weighted by Gasteiger charge is 2.35. The van der Waals surface area contributed by atoms with Crippen LogP contribution in [-0.4, -0.2) is 9.97 Å². The molecule has 1 aromatic heterocycles. The minimum atomic E-state index is -4.69. The average Bonchev–Trinajstić information content (AvgIpc) is 2.40. The molecule has 5 nitrogen and oxygen atoms in total. The number of aromatic nitrogens is 2. The Kier molecular flexibility index (Phi) is 4.28. The van der Waals surface area contributed by atoms with E-state index in [4.69, 9.17) is 10.6 Å². The van der Waals surface area contributed by atoms with Gasteiger partial charge < -0.3 is 10.2 Å². The highest BCUT2D eigenvalue weighted by atomic mass is 127. The maximum absolute atomic E-state index is 12.7. The van der Waals surface area contributed by atoms with E-state index in [1.54, 1.807) is 24.3 Å². The standard InChI is InChI=1S/C11H8F3IN4O/c12-11(13,14)10-17-8(19-16)5-9(18-10)20-7-4-2-1-3-6(7)15/h1-5H,16H2,(H,17,18,19). The Bertz CT molecular complexity index is 621. The maximum Gasteiger partial charge on any atom is 0.451 e. The summed E-state index contributed by atoms with van der Waals surface area (Å²) < 4.78 is 44.0. The number of rotatable bonds is 3. The molecule has 0 aliphatic heterocycles. The number of hydrogen-bond acceptors (Lipinski definition) is 5. The van der Waals surface area contributed by atoms with Crippen molar-refractivity contribution >= 4 is 28.4 Å². The lowest BCUT2D eigenvalue weighted by molar-refractivity contribution is -0.145. The number of hydrazine groups is 1. The molecule has 106 valence electrons. The lowest BCUT2D eigenvalue weighted by atomic mass is 10.3. The number of para-hydroxylation sites is 1. The summed E-state index contributed by atoms with van der Waals surface area (Å²) >= 11 is 2.00. The predicted molar refractivity (Wildman–Crippen MR) is 74.1 cm³/mol. The fourth-order valence-corrected chi connectivity index (χ4v) is 1.82. The number of nitrogens with zero attached hydrogens (tertiary/aromatic N) is 2. The zero-order valence-corrected chi connectivity index (χ0v) is 11.9. The van der Waals surface area contributed by atoms with Gasteiger partial charge in [0.1, 0.15) is 11.6 Å². The molecule has 2 rings (SSSR count). The number of hydrogen-bond donors (Lipinski definition) is 2. The van der Waals surface area contributed by atoms with Gasteiger partial charge in [-0.2, -0.15) is 18.2 Å². The summed E-state index contributed by atoms with van der Waals surface area (Å²) in [6.45, 7) is 0. The van der Waals surface area contributed by atoms with Gasteiger partial charge in [-0.1, -0.05) is 12.1 Å². The van der Waals surface area contributed by atoms with Crippen molar-refractivity contribution in [2.45, 2.75) is 6.18 Å². The van der Waals surface area contributed by atoms with Crippen molar-refractivity contribution in [2.24, 2.45) is 5.84 Å². The molecule has 0 aliphatic rings. The topological polar surface area (TPSA) is 73.1 Å². The smallest absolute Gasteiger partial charge is 0.438 e. The summed E-state index contributed by atoms with van der Waals surface area (Å²) in [5, 5.41) is 0. The van der Waals surface area contributed by atoms with Crippen molar-refractivity contribution in [3.63, 3.8) is 0 Å². The number of nitrogen functional groups attached to an aromatic ring is 1. The van der Waals surface area contributed by atoms with Crippen molar-refractivity contribution < 1.29 is 17.9 Å². The highest BCUT2D eigenvalue weighted by molar-refractivity contribution is 14.1. The van der Waals surface area contributed by atoms with E-state index >= 15 is 0 Å². The van der Waals surface area contributed by atoms with E-state index in [0.29, 0.717) is 5.75 Å². The maximum atomic E-state index is 12.7. The molecule has 0 unspecified atom stereocenters. The van der Waals surface area contributed by atoms with Crippen molar-refractivity contribution in [1.29, 1.82) is 0 Å². The number of ether oxygens (including phenoxy) is 1. The minimum absolute atomic E-state index is 0.187. The Morgan fingerprint density at radius 2 is 1.90 bits per heavy atom. The van der Waals surface area contributed by atoms with E-state index in [1.807, 2.05) is 28.0 Å². The second kappa shape index (κ2) is 5.79. The monoisotopic (exact) mass is 396 g/mol. The van der Waals surface area contributed by atoms with Gasteiger partial charge in [0.15, 0.2) is 0 Å². The number of anilines is 1. The predicted octanol–water partition coefficient (Wildman–Crippen LogP) is 3.18. The van der Waals surface area contributed by atoms with Crippen LogP contribution in [0.1, 0.15) is 5.82 Å². The number of alkyl halides is 3. The number of nitrogens with one attached hydrogen (secondary N) is 1. The molecule has 0 saturated heterocycles. The third kappa shape index (κ3) is 3.48. The zero-order chi connectivity index (χ0) is 14.8. The second-order valence-corrected chi connectivity index (χ2v) is 4.75. The van der Waals surface area contributed by atoms with Crippen molar-refractivity contribution in [1.82, 2.24) is 9.97 Å². The molecule has 20 heavy (non-hydrogen) atoms. The molecule has 0 spiro atoms. The van der Waals surface area contributed by atoms with Gasteiger partial charge >= 0.3 is 6.18 Å². The van der Waals surface area contributed by atoms with Gasteiger partial charge in [0.05, 0.1) is 3.57 Å². The summed E-state index contributed by atoms with van der Waals surface area (Å²) in [5.41, 5.74) is 2.05. The lowest BCUT2D eigenvalue weighted by Crippen LogP contribution is -2.16. The first-order valence-electron chi connectivity index (χ1n) is 5.25. The van der Waals surface area contributed by atoms with Gasteiger partial charge in [0.25, 0.3) is 0 Å². The van der Waals surface area contributed by atoms with Crippen molar-refractivity contribution in [3.8, 4) is 11.6 Å². The normalized spacial score (nSPS) is 11.2. The average molecular weight is 396 g/mol. The summed E-state index contributed by atoms with van der Waals surface area (Å²) in [4.78, 5) is 6.56. The van der Waals surface area contributed by atoms with Crippen LogP contribution in [0.4, 0.5) is 19.0 Å². The minimum Gasteiger partial charge on any atom is -0.438 e. The molecule has 9 heteroatoms. The van der Waals surface area contributed by atoms with Crippen molar-refractivity contribution in [3.05, 3.63) is 39.7 Å². The first kappa shape index (κ1) is 14.8. The lowest BCUT2D eigenvalue weighted by Gasteiger charge is -2.11. The molecule has 1 aromatic carbocycles. The van der Waals surface area contributed by atoms with E-state index in [1.165, 1.54) is 6.07 Å². The molecule has 0 aliphatic carbocycles. The van der Waals surface area contributed by atoms with Crippen LogP contribution in [0.3, 0.4) is 0 Å². The van der Waals surface area contributed by atoms with Crippen LogP contribution in [0.25, 0.3) is 0 Å². The molecule has 1 heterocycles. The molecule has 3 N–H and O–H groups in total. The van der Waals surface area contributed by atoms with E-state index in [0.717, 1.165) is 3.57 Å². The van der Waals surface area contributed by atoms with E-state index in [-0.39, 0.29) is 11.7 Å². The second-order valence-electron chi connectivity index (χ2n) is 3.59. The fourth-order valence-electron chi connectivity index (χ4n) is 1.32. The summed E-state index contributed by atoms with van der Waals surface area (Å²) in [6, 6.07) is 8.03. The van der Waals surface area contributed by atoms with Gasteiger partial charge in [-0.05, 0) is 34.7 Å². The van der Waals surface area contributed by atoms with Gasteiger partial charge in [0, 0.05) is 6.07 Å². The number of benzene rings is 1. The van der Waals surface area contributed by atoms with Crippen LogP contribution in [0, 0.1) is 3.57 Å². The van der Waals surface area contributed by atoms with E-state index < -0.39 is 12.0 Å². The number of halogens is 4. The molecule has 0 atom stereocenters. The molecular formula is C11H8F3IN4O. The largest absolute Gasteiger partial charge is 0.451 e. The Hall–Kier alpha value is -1.62. The molecule has 2 aromatic rings. The molecule has 0 fully saturated rings. The van der Waals surface area contributed by atoms with Gasteiger partial charge in [-0.3, -0.25) is 0 Å². The van der Waals surface area contributed by atoms with Gasteiger partial charge in [0.2, 0.25) is 11.7 Å². The Morgan fingerprint density at radius 3 is 2.50 bits per heavy atom. The van der Waals surface area contributed by atoms with Crippen LogP contribution < -0.4 is 16.0 Å². The zero-order valence-electron chi connectivity index (χ0n) is 9.78. The Labute approximate surface area is 125 Å². The summed E-state index contributed by atoms with van der Waals surface area (Å²) in [5.74, 6) is 3.72. The Morgan fingerprint density at radius 1 is 1.20 bits per heavy atom. The third-order valence-corrected chi connectivity index (χ3v) is 3.05. The van der Waals surface area contributed by atoms with Crippen LogP contribution in [-0.2, 0) is 6.18 Å². The summed E-state index contributed by atoms with van der Waals surface area (Å²) in [6.07, 6.45) is -4.69. The van der Waals surface area contributed by atoms with E-state index in [2.05, 4.69) is 9.97 Å². The van der Waals surface area contributed by atoms with Gasteiger partial charge in [-0.25, -0.2) is 10.8 Å². The van der Waals surface area contributed by atoms with Crippen LogP contribution in [0.15, 0.2) is 30.3 Å². The molecular weight excluding hydrogens is 388 g/mol. The SMILES string of the molecule is NNc1cc(Oc2ccccc2I)nc(C(F)(F)F)n1. The third-order valence-electron chi connectivity index (χ3n) is 2.16. The fraction of sp³-hybridized carbons (Fsp3) is 0.0909. The van der Waals surface area contributed by atoms with Crippen LogP contribution in [0.5, 0.6) is 11.6 Å². The summed E-state index contributed by atoms with van der Waals surface area (Å²) in [7, 11) is 0. The van der Waals surface area contributed by atoms with Crippen LogP contribution in [0.2, 0.25) is 0 Å². The molecule has 0 saturated carbocycles. The Balaban J connectivity index is 2.39. The quantitative estimate of drug-likeness (QED) is 0.474. The number of nitrogens with two attached hydrogens (primary N) is 1. The van der Waals surface area contributed by atoms with Crippen LogP contribution >= 0.6 is 22.6 Å². The molecule has 0 amide bonds.